The van der Waals surface area contributed by atoms with Gasteiger partial charge in [-0.2, -0.15) is 0 Å². The Morgan fingerprint density at radius 2 is 1.63 bits per heavy atom. The van der Waals surface area contributed by atoms with Crippen molar-refractivity contribution in [2.75, 3.05) is 25.0 Å². The molecule has 0 unspecified atom stereocenters. The van der Waals surface area contributed by atoms with Gasteiger partial charge in [0.25, 0.3) is 0 Å². The van der Waals surface area contributed by atoms with Crippen LogP contribution in [0.1, 0.15) is 25.3 Å². The number of anilines is 1. The van der Waals surface area contributed by atoms with Crippen molar-refractivity contribution in [3.63, 3.8) is 0 Å². The van der Waals surface area contributed by atoms with E-state index in [0.717, 1.165) is 18.8 Å². The van der Waals surface area contributed by atoms with Crippen LogP contribution in [0.15, 0.2) is 65.7 Å². The van der Waals surface area contributed by atoms with Gasteiger partial charge in [0, 0.05) is 24.2 Å². The lowest BCUT2D eigenvalue weighted by atomic mass is 9.96. The van der Waals surface area contributed by atoms with E-state index in [1.165, 1.54) is 18.4 Å². The summed E-state index contributed by atoms with van der Waals surface area (Å²) in [5.41, 5.74) is 2.35. The minimum absolute atomic E-state index is 0. The highest BCUT2D eigenvalue weighted by Gasteiger charge is 2.43. The van der Waals surface area contributed by atoms with Crippen molar-refractivity contribution in [2.45, 2.75) is 25.2 Å². The van der Waals surface area contributed by atoms with Gasteiger partial charge in [-0.25, -0.2) is 4.99 Å². The maximum atomic E-state index is 12.1. The van der Waals surface area contributed by atoms with Crippen LogP contribution < -0.4 is 16.0 Å². The first kappa shape index (κ1) is 21.2. The van der Waals surface area contributed by atoms with Crippen molar-refractivity contribution in [1.82, 2.24) is 10.6 Å². The van der Waals surface area contributed by atoms with E-state index in [0.29, 0.717) is 5.96 Å². The normalized spacial score (nSPS) is 14.6. The summed E-state index contributed by atoms with van der Waals surface area (Å²) in [5.74, 6) is 0.551. The second-order valence-electron chi connectivity index (χ2n) is 6.61. The molecule has 1 fully saturated rings. The summed E-state index contributed by atoms with van der Waals surface area (Å²) >= 11 is 0. The lowest BCUT2D eigenvalue weighted by Gasteiger charge is -2.19. The third-order valence-corrected chi connectivity index (χ3v) is 4.62. The van der Waals surface area contributed by atoms with Gasteiger partial charge >= 0.3 is 0 Å². The molecule has 1 aliphatic carbocycles. The zero-order valence-corrected chi connectivity index (χ0v) is 17.9. The number of benzene rings is 2. The molecule has 0 radical (unpaired) electrons. The number of nitrogens with one attached hydrogen (secondary N) is 3. The largest absolute Gasteiger partial charge is 0.357 e. The fourth-order valence-electron chi connectivity index (χ4n) is 2.98. The SMILES string of the molecule is CCNC(=NCC(=O)Nc1ccccc1)NCC1(c2ccccc2)CC1.I. The molecule has 0 aliphatic heterocycles. The van der Waals surface area contributed by atoms with Crippen molar-refractivity contribution in [1.29, 1.82) is 0 Å². The maximum absolute atomic E-state index is 12.1. The number of carbonyl (C=O) groups excluding carboxylic acids is 1. The number of guanidine groups is 1. The summed E-state index contributed by atoms with van der Waals surface area (Å²) in [7, 11) is 0. The number of nitrogens with zero attached hydrogens (tertiary/aromatic N) is 1. The number of carbonyl (C=O) groups is 1. The van der Waals surface area contributed by atoms with Crippen LogP contribution in [0.4, 0.5) is 5.69 Å². The Hall–Kier alpha value is -2.09. The molecular formula is C21H27IN4O. The first-order chi connectivity index (χ1) is 12.7. The van der Waals surface area contributed by atoms with Gasteiger partial charge in [0.1, 0.15) is 6.54 Å². The summed E-state index contributed by atoms with van der Waals surface area (Å²) in [6.45, 7) is 3.68. The highest BCUT2D eigenvalue weighted by molar-refractivity contribution is 14.0. The van der Waals surface area contributed by atoms with Gasteiger partial charge in [0.2, 0.25) is 5.91 Å². The van der Waals surface area contributed by atoms with Crippen molar-refractivity contribution in [3.05, 3.63) is 66.2 Å². The summed E-state index contributed by atoms with van der Waals surface area (Å²) in [4.78, 5) is 16.5. The second-order valence-corrected chi connectivity index (χ2v) is 6.61. The fourth-order valence-corrected chi connectivity index (χ4v) is 2.98. The average Bonchev–Trinajstić information content (AvgIpc) is 3.47. The van der Waals surface area contributed by atoms with Gasteiger partial charge in [-0.05, 0) is 37.5 Å². The third kappa shape index (κ3) is 6.23. The minimum Gasteiger partial charge on any atom is -0.357 e. The van der Waals surface area contributed by atoms with Gasteiger partial charge < -0.3 is 16.0 Å². The zero-order valence-electron chi connectivity index (χ0n) is 15.6. The lowest BCUT2D eigenvalue weighted by Crippen LogP contribution is -2.41. The molecule has 2 aromatic rings. The second kappa shape index (κ2) is 10.3. The Morgan fingerprint density at radius 3 is 2.22 bits per heavy atom. The first-order valence-corrected chi connectivity index (χ1v) is 9.14. The van der Waals surface area contributed by atoms with E-state index in [1.807, 2.05) is 43.3 Å². The number of halogens is 1. The van der Waals surface area contributed by atoms with Gasteiger partial charge in [-0.1, -0.05) is 48.5 Å². The van der Waals surface area contributed by atoms with Crippen molar-refractivity contribution in [3.8, 4) is 0 Å². The Balaban J connectivity index is 0.00000261. The quantitative estimate of drug-likeness (QED) is 0.324. The smallest absolute Gasteiger partial charge is 0.246 e. The molecule has 27 heavy (non-hydrogen) atoms. The zero-order chi connectivity index (χ0) is 18.2. The number of rotatable bonds is 7. The van der Waals surface area contributed by atoms with Gasteiger partial charge in [-0.15, -0.1) is 24.0 Å². The molecule has 0 bridgehead atoms. The van der Waals surface area contributed by atoms with Crippen LogP contribution >= 0.6 is 24.0 Å². The van der Waals surface area contributed by atoms with Crippen LogP contribution in [0.25, 0.3) is 0 Å². The standard InChI is InChI=1S/C21H26N4O.HI/c1-2-22-20(23-15-19(26)25-18-11-7-4-8-12-18)24-16-21(13-14-21)17-9-5-3-6-10-17;/h3-12H,2,13-16H2,1H3,(H,25,26)(H2,22,23,24);1H. The summed E-state index contributed by atoms with van der Waals surface area (Å²) < 4.78 is 0. The van der Waals surface area contributed by atoms with E-state index in [9.17, 15) is 4.79 Å². The van der Waals surface area contributed by atoms with E-state index in [4.69, 9.17) is 0 Å². The Kier molecular flexibility index (Phi) is 8.09. The molecule has 1 amide bonds. The maximum Gasteiger partial charge on any atom is 0.246 e. The highest BCUT2D eigenvalue weighted by Crippen LogP contribution is 2.47. The van der Waals surface area contributed by atoms with Gasteiger partial charge in [0.05, 0.1) is 0 Å². The van der Waals surface area contributed by atoms with E-state index >= 15 is 0 Å². The van der Waals surface area contributed by atoms with Crippen molar-refractivity contribution < 1.29 is 4.79 Å². The molecule has 2 aromatic carbocycles. The van der Waals surface area contributed by atoms with Gasteiger partial charge in [0.15, 0.2) is 5.96 Å². The predicted octanol–water partition coefficient (Wildman–Crippen LogP) is 3.53. The number of hydrogen-bond donors (Lipinski definition) is 3. The molecule has 0 aromatic heterocycles. The van der Waals surface area contributed by atoms with Crippen LogP contribution in [0.2, 0.25) is 0 Å². The summed E-state index contributed by atoms with van der Waals surface area (Å²) in [6, 6.07) is 20.0. The molecule has 3 N–H and O–H groups in total. The van der Waals surface area contributed by atoms with Crippen LogP contribution in [0, 0.1) is 0 Å². The monoisotopic (exact) mass is 478 g/mol. The molecule has 3 rings (SSSR count). The van der Waals surface area contributed by atoms with E-state index < -0.39 is 0 Å². The van der Waals surface area contributed by atoms with Crippen molar-refractivity contribution >= 4 is 41.5 Å². The number of para-hydroxylation sites is 1. The molecule has 0 saturated heterocycles. The van der Waals surface area contributed by atoms with Crippen LogP contribution in [-0.4, -0.2) is 31.5 Å². The van der Waals surface area contributed by atoms with E-state index in [2.05, 4.69) is 45.2 Å². The average molecular weight is 478 g/mol. The Labute approximate surface area is 178 Å². The van der Waals surface area contributed by atoms with Crippen LogP contribution in [0.3, 0.4) is 0 Å². The highest BCUT2D eigenvalue weighted by atomic mass is 127. The molecule has 1 aliphatic rings. The van der Waals surface area contributed by atoms with Crippen LogP contribution in [-0.2, 0) is 10.2 Å². The Morgan fingerprint density at radius 1 is 1.00 bits per heavy atom. The van der Waals surface area contributed by atoms with Crippen molar-refractivity contribution in [2.24, 2.45) is 4.99 Å². The topological polar surface area (TPSA) is 65.5 Å². The fraction of sp³-hybridized carbons (Fsp3) is 0.333. The molecule has 0 spiro atoms. The molecule has 0 heterocycles. The molecule has 5 nitrogen and oxygen atoms in total. The lowest BCUT2D eigenvalue weighted by molar-refractivity contribution is -0.114. The third-order valence-electron chi connectivity index (χ3n) is 4.62. The summed E-state index contributed by atoms with van der Waals surface area (Å²) in [5, 5.41) is 9.46. The molecule has 144 valence electrons. The first-order valence-electron chi connectivity index (χ1n) is 9.14. The van der Waals surface area contributed by atoms with Crippen LogP contribution in [0.5, 0.6) is 0 Å². The van der Waals surface area contributed by atoms with Gasteiger partial charge in [-0.3, -0.25) is 4.79 Å². The molecular weight excluding hydrogens is 451 g/mol. The molecule has 6 heteroatoms. The molecule has 1 saturated carbocycles. The predicted molar refractivity (Wildman–Crippen MR) is 122 cm³/mol. The minimum atomic E-state index is -0.127. The molecule has 0 atom stereocenters. The Bertz CT molecular complexity index is 745. The van der Waals surface area contributed by atoms with E-state index in [1.54, 1.807) is 0 Å². The summed E-state index contributed by atoms with van der Waals surface area (Å²) in [6.07, 6.45) is 2.36. The number of aliphatic imine (C=N–C) groups is 1. The number of hydrogen-bond acceptors (Lipinski definition) is 2. The van der Waals surface area contributed by atoms with E-state index in [-0.39, 0.29) is 41.8 Å². The number of amides is 1.